The lowest BCUT2D eigenvalue weighted by molar-refractivity contribution is 0.423. The van der Waals surface area contributed by atoms with E-state index in [0.29, 0.717) is 4.90 Å². The molecule has 2 rings (SSSR count). The number of sulfone groups is 1. The number of piperidine rings is 1. The molecule has 3 nitrogen and oxygen atoms in total. The van der Waals surface area contributed by atoms with E-state index in [-0.39, 0.29) is 11.8 Å². The lowest BCUT2D eigenvalue weighted by Gasteiger charge is -2.23. The lowest BCUT2D eigenvalue weighted by Crippen LogP contribution is -2.39. The van der Waals surface area contributed by atoms with Gasteiger partial charge in [0, 0.05) is 6.04 Å². The van der Waals surface area contributed by atoms with E-state index in [2.05, 4.69) is 5.32 Å². The highest BCUT2D eigenvalue weighted by atomic mass is 32.2. The molecule has 1 saturated heterocycles. The molecule has 0 spiro atoms. The smallest absolute Gasteiger partial charge is 0.179 e. The highest BCUT2D eigenvalue weighted by Crippen LogP contribution is 2.15. The van der Waals surface area contributed by atoms with Crippen molar-refractivity contribution in [2.24, 2.45) is 0 Å². The third kappa shape index (κ3) is 2.83. The summed E-state index contributed by atoms with van der Waals surface area (Å²) in [5.41, 5.74) is 0. The largest absolute Gasteiger partial charge is 0.313 e. The van der Waals surface area contributed by atoms with E-state index in [9.17, 15) is 8.42 Å². The van der Waals surface area contributed by atoms with Gasteiger partial charge in [-0.05, 0) is 31.5 Å². The van der Waals surface area contributed by atoms with Gasteiger partial charge in [-0.2, -0.15) is 0 Å². The molecule has 0 bridgehead atoms. The Morgan fingerprint density at radius 1 is 1.19 bits per heavy atom. The van der Waals surface area contributed by atoms with Crippen LogP contribution in [0.15, 0.2) is 35.2 Å². The average molecular weight is 239 g/mol. The van der Waals surface area contributed by atoms with Gasteiger partial charge >= 0.3 is 0 Å². The molecule has 1 atom stereocenters. The molecule has 1 aliphatic rings. The van der Waals surface area contributed by atoms with E-state index < -0.39 is 9.84 Å². The van der Waals surface area contributed by atoms with E-state index in [1.165, 1.54) is 0 Å². The summed E-state index contributed by atoms with van der Waals surface area (Å²) < 4.78 is 24.1. The Labute approximate surface area is 96.8 Å². The van der Waals surface area contributed by atoms with E-state index in [1.54, 1.807) is 24.3 Å². The molecular formula is C12H17NO2S. The number of nitrogens with one attached hydrogen (secondary N) is 1. The number of benzene rings is 1. The molecule has 0 aromatic heterocycles. The standard InChI is InChI=1S/C12H17NO2S/c14-16(15,12-7-2-1-3-8-12)10-11-6-4-5-9-13-11/h1-3,7-8,11,13H,4-6,9-10H2/t11-/m0/s1. The molecule has 1 aromatic rings. The van der Waals surface area contributed by atoms with Crippen LogP contribution in [0, 0.1) is 0 Å². The summed E-state index contributed by atoms with van der Waals surface area (Å²) >= 11 is 0. The van der Waals surface area contributed by atoms with Crippen LogP contribution in [-0.4, -0.2) is 26.8 Å². The van der Waals surface area contributed by atoms with Gasteiger partial charge in [-0.1, -0.05) is 24.6 Å². The number of hydrogen-bond donors (Lipinski definition) is 1. The van der Waals surface area contributed by atoms with Crippen LogP contribution in [-0.2, 0) is 9.84 Å². The molecular weight excluding hydrogens is 222 g/mol. The number of rotatable bonds is 3. The van der Waals surface area contributed by atoms with Gasteiger partial charge in [0.05, 0.1) is 10.6 Å². The van der Waals surface area contributed by atoms with Gasteiger partial charge in [-0.3, -0.25) is 0 Å². The van der Waals surface area contributed by atoms with E-state index in [4.69, 9.17) is 0 Å². The van der Waals surface area contributed by atoms with E-state index in [0.717, 1.165) is 25.8 Å². The molecule has 0 saturated carbocycles. The van der Waals surface area contributed by atoms with Gasteiger partial charge in [0.15, 0.2) is 9.84 Å². The van der Waals surface area contributed by atoms with Crippen molar-refractivity contribution in [3.63, 3.8) is 0 Å². The molecule has 1 fully saturated rings. The molecule has 0 unspecified atom stereocenters. The Balaban J connectivity index is 2.08. The average Bonchev–Trinajstić information content (AvgIpc) is 2.31. The molecule has 1 N–H and O–H groups in total. The van der Waals surface area contributed by atoms with Crippen molar-refractivity contribution in [2.75, 3.05) is 12.3 Å². The van der Waals surface area contributed by atoms with Crippen molar-refractivity contribution in [1.29, 1.82) is 0 Å². The maximum atomic E-state index is 12.1. The fourth-order valence-electron chi connectivity index (χ4n) is 2.06. The third-order valence-corrected chi connectivity index (χ3v) is 4.77. The van der Waals surface area contributed by atoms with Crippen LogP contribution in [0.5, 0.6) is 0 Å². The zero-order valence-corrected chi connectivity index (χ0v) is 10.0. The molecule has 4 heteroatoms. The van der Waals surface area contributed by atoms with Crippen molar-refractivity contribution < 1.29 is 8.42 Å². The Morgan fingerprint density at radius 2 is 1.94 bits per heavy atom. The van der Waals surface area contributed by atoms with Crippen LogP contribution >= 0.6 is 0 Å². The first-order valence-corrected chi connectivity index (χ1v) is 7.35. The molecule has 88 valence electrons. The first kappa shape index (κ1) is 11.6. The second-order valence-electron chi connectivity index (χ2n) is 4.24. The van der Waals surface area contributed by atoms with Gasteiger partial charge in [0.1, 0.15) is 0 Å². The summed E-state index contributed by atoms with van der Waals surface area (Å²) in [6, 6.07) is 8.82. The first-order chi connectivity index (χ1) is 7.68. The van der Waals surface area contributed by atoms with Crippen molar-refractivity contribution in [3.05, 3.63) is 30.3 Å². The Morgan fingerprint density at radius 3 is 2.56 bits per heavy atom. The third-order valence-electron chi connectivity index (χ3n) is 2.94. The van der Waals surface area contributed by atoms with Crippen molar-refractivity contribution in [3.8, 4) is 0 Å². The minimum absolute atomic E-state index is 0.124. The molecule has 16 heavy (non-hydrogen) atoms. The zero-order chi connectivity index (χ0) is 11.4. The summed E-state index contributed by atoms with van der Waals surface area (Å²) in [7, 11) is -3.12. The van der Waals surface area contributed by atoms with Crippen LogP contribution in [0.2, 0.25) is 0 Å². The van der Waals surface area contributed by atoms with Crippen LogP contribution in [0.4, 0.5) is 0 Å². The second-order valence-corrected chi connectivity index (χ2v) is 6.28. The summed E-state index contributed by atoms with van der Waals surface area (Å²) in [5.74, 6) is 0.219. The Hall–Kier alpha value is -0.870. The summed E-state index contributed by atoms with van der Waals surface area (Å²) in [5, 5.41) is 3.27. The van der Waals surface area contributed by atoms with E-state index in [1.807, 2.05) is 6.07 Å². The quantitative estimate of drug-likeness (QED) is 0.871. The molecule has 0 radical (unpaired) electrons. The fourth-order valence-corrected chi connectivity index (χ4v) is 3.63. The molecule has 1 aliphatic heterocycles. The van der Waals surface area contributed by atoms with Gasteiger partial charge < -0.3 is 5.32 Å². The fraction of sp³-hybridized carbons (Fsp3) is 0.500. The van der Waals surface area contributed by atoms with Crippen LogP contribution in [0.1, 0.15) is 19.3 Å². The van der Waals surface area contributed by atoms with Crippen molar-refractivity contribution in [1.82, 2.24) is 5.32 Å². The molecule has 1 aromatic carbocycles. The molecule has 0 aliphatic carbocycles. The van der Waals surface area contributed by atoms with Gasteiger partial charge in [-0.15, -0.1) is 0 Å². The highest BCUT2D eigenvalue weighted by molar-refractivity contribution is 7.91. The van der Waals surface area contributed by atoms with Crippen molar-refractivity contribution in [2.45, 2.75) is 30.2 Å². The van der Waals surface area contributed by atoms with Crippen LogP contribution in [0.3, 0.4) is 0 Å². The monoisotopic (exact) mass is 239 g/mol. The normalized spacial score (nSPS) is 21.9. The van der Waals surface area contributed by atoms with Crippen LogP contribution < -0.4 is 5.32 Å². The zero-order valence-electron chi connectivity index (χ0n) is 9.22. The van der Waals surface area contributed by atoms with Crippen molar-refractivity contribution >= 4 is 9.84 Å². The molecule has 0 amide bonds. The topological polar surface area (TPSA) is 46.2 Å². The van der Waals surface area contributed by atoms with Gasteiger partial charge in [-0.25, -0.2) is 8.42 Å². The van der Waals surface area contributed by atoms with Crippen LogP contribution in [0.25, 0.3) is 0 Å². The SMILES string of the molecule is O=S(=O)(C[C@@H]1CCCCN1)c1ccccc1. The summed E-state index contributed by atoms with van der Waals surface area (Å²) in [6.07, 6.45) is 3.25. The number of hydrogen-bond acceptors (Lipinski definition) is 3. The predicted octanol–water partition coefficient (Wildman–Crippen LogP) is 1.60. The maximum absolute atomic E-state index is 12.1. The Kier molecular flexibility index (Phi) is 3.61. The second kappa shape index (κ2) is 4.97. The van der Waals surface area contributed by atoms with Gasteiger partial charge in [0.25, 0.3) is 0 Å². The summed E-state index contributed by atoms with van der Waals surface area (Å²) in [4.78, 5) is 0.433. The van der Waals surface area contributed by atoms with E-state index >= 15 is 0 Å². The first-order valence-electron chi connectivity index (χ1n) is 5.70. The summed E-state index contributed by atoms with van der Waals surface area (Å²) in [6.45, 7) is 0.939. The van der Waals surface area contributed by atoms with Gasteiger partial charge in [0.2, 0.25) is 0 Å². The predicted molar refractivity (Wildman–Crippen MR) is 64.1 cm³/mol. The molecule has 1 heterocycles. The Bertz CT molecular complexity index is 422. The minimum Gasteiger partial charge on any atom is -0.313 e. The maximum Gasteiger partial charge on any atom is 0.179 e. The highest BCUT2D eigenvalue weighted by Gasteiger charge is 2.22. The lowest BCUT2D eigenvalue weighted by atomic mass is 10.1. The minimum atomic E-state index is -3.12.